The molecule has 178 valence electrons. The Morgan fingerprint density at radius 1 is 1.19 bits per heavy atom. The molecule has 0 aromatic carbocycles. The lowest BCUT2D eigenvalue weighted by atomic mass is 9.51. The second-order valence-electron chi connectivity index (χ2n) is 10.4. The van der Waals surface area contributed by atoms with Crippen LogP contribution in [0.25, 0.3) is 0 Å². The number of likely N-dealkylation sites (tertiary alicyclic amines) is 1. The number of fused-ring (bicyclic) bond motifs is 1. The maximum absolute atomic E-state index is 13.4. The van der Waals surface area contributed by atoms with Gasteiger partial charge < -0.3 is 24.8 Å². The van der Waals surface area contributed by atoms with Crippen molar-refractivity contribution in [2.75, 3.05) is 34.0 Å². The second-order valence-corrected chi connectivity index (χ2v) is 10.4. The summed E-state index contributed by atoms with van der Waals surface area (Å²) in [4.78, 5) is 27.5. The lowest BCUT2D eigenvalue weighted by Gasteiger charge is -2.56. The van der Waals surface area contributed by atoms with Gasteiger partial charge in [0.15, 0.2) is 0 Å². The zero-order valence-corrected chi connectivity index (χ0v) is 19.9. The van der Waals surface area contributed by atoms with Crippen molar-refractivity contribution in [1.82, 2.24) is 10.2 Å². The summed E-state index contributed by atoms with van der Waals surface area (Å²) in [5, 5.41) is 14.7. The summed E-state index contributed by atoms with van der Waals surface area (Å²) < 4.78 is 10.3. The third kappa shape index (κ3) is 4.93. The number of aliphatic hydroxyl groups excluding tert-OH is 1. The molecule has 2 aliphatic carbocycles. The van der Waals surface area contributed by atoms with E-state index in [1.165, 1.54) is 7.11 Å². The molecule has 8 atom stereocenters. The SMILES string of the molecule is COCC(=O)N[C@H]1CC[C@]2(C)CCC([C@H](C)C(=O)N3CCC[C@@H]3COC)[C@H](O)[C@H]2[C@@H]1C. The molecule has 7 heteroatoms. The summed E-state index contributed by atoms with van der Waals surface area (Å²) in [6, 6.07) is 0.185. The minimum Gasteiger partial charge on any atom is -0.392 e. The Labute approximate surface area is 187 Å². The average Bonchev–Trinajstić information content (AvgIpc) is 3.18. The number of nitrogens with one attached hydrogen (secondary N) is 1. The van der Waals surface area contributed by atoms with Crippen molar-refractivity contribution in [3.8, 4) is 0 Å². The smallest absolute Gasteiger partial charge is 0.246 e. The minimum atomic E-state index is -0.543. The first kappa shape index (κ1) is 24.5. The third-order valence-corrected chi connectivity index (χ3v) is 8.56. The van der Waals surface area contributed by atoms with Gasteiger partial charge in [0.05, 0.1) is 18.8 Å². The van der Waals surface area contributed by atoms with E-state index in [2.05, 4.69) is 19.2 Å². The quantitative estimate of drug-likeness (QED) is 0.636. The highest BCUT2D eigenvalue weighted by Gasteiger charge is 2.54. The molecule has 1 heterocycles. The van der Waals surface area contributed by atoms with Crippen LogP contribution in [0.4, 0.5) is 0 Å². The van der Waals surface area contributed by atoms with Gasteiger partial charge in [-0.15, -0.1) is 0 Å². The van der Waals surface area contributed by atoms with Crippen LogP contribution in [0.1, 0.15) is 59.3 Å². The molecule has 0 aromatic heterocycles. The molecule has 2 N–H and O–H groups in total. The van der Waals surface area contributed by atoms with E-state index in [0.29, 0.717) is 6.61 Å². The fourth-order valence-corrected chi connectivity index (χ4v) is 6.81. The molecule has 2 saturated carbocycles. The molecule has 0 bridgehead atoms. The van der Waals surface area contributed by atoms with Crippen LogP contribution >= 0.6 is 0 Å². The van der Waals surface area contributed by atoms with Crippen molar-refractivity contribution < 1.29 is 24.2 Å². The molecule has 31 heavy (non-hydrogen) atoms. The van der Waals surface area contributed by atoms with E-state index in [0.717, 1.165) is 45.1 Å². The predicted molar refractivity (Wildman–Crippen MR) is 118 cm³/mol. The Hall–Kier alpha value is -1.18. The van der Waals surface area contributed by atoms with Gasteiger partial charge in [0, 0.05) is 32.7 Å². The predicted octanol–water partition coefficient (Wildman–Crippen LogP) is 2.21. The number of hydrogen-bond acceptors (Lipinski definition) is 5. The van der Waals surface area contributed by atoms with Crippen LogP contribution in [0.5, 0.6) is 0 Å². The van der Waals surface area contributed by atoms with Gasteiger partial charge in [-0.3, -0.25) is 9.59 Å². The first-order valence-corrected chi connectivity index (χ1v) is 12.0. The number of methoxy groups -OCH3 is 2. The van der Waals surface area contributed by atoms with Gasteiger partial charge in [-0.2, -0.15) is 0 Å². The van der Waals surface area contributed by atoms with Crippen molar-refractivity contribution in [3.05, 3.63) is 0 Å². The first-order valence-electron chi connectivity index (χ1n) is 12.0. The molecule has 3 aliphatic rings. The average molecular weight is 439 g/mol. The third-order valence-electron chi connectivity index (χ3n) is 8.56. The monoisotopic (exact) mass is 438 g/mol. The van der Waals surface area contributed by atoms with Crippen molar-refractivity contribution >= 4 is 11.8 Å². The van der Waals surface area contributed by atoms with Gasteiger partial charge in [0.2, 0.25) is 11.8 Å². The van der Waals surface area contributed by atoms with E-state index >= 15 is 0 Å². The molecule has 0 aromatic rings. The maximum atomic E-state index is 13.4. The topological polar surface area (TPSA) is 88.1 Å². The standard InChI is InChI=1S/C24H42N2O5/c1-15(23(29)26-12-6-7-17(26)13-30-4)18-8-10-24(3)11-9-19(25-20(27)14-31-5)16(2)21(24)22(18)28/h15-19,21-22,28H,6-14H2,1-5H3,(H,25,27)/t15-,16+,17+,18?,19-,21+,22-,24-/m0/s1. The Balaban J connectivity index is 1.72. The number of nitrogens with zero attached hydrogens (tertiary/aromatic N) is 1. The number of amides is 2. The highest BCUT2D eigenvalue weighted by atomic mass is 16.5. The Bertz CT molecular complexity index is 643. The van der Waals surface area contributed by atoms with E-state index in [1.807, 2.05) is 11.8 Å². The maximum Gasteiger partial charge on any atom is 0.246 e. The van der Waals surface area contributed by atoms with Crippen LogP contribution in [0.2, 0.25) is 0 Å². The highest BCUT2D eigenvalue weighted by molar-refractivity contribution is 5.79. The Morgan fingerprint density at radius 2 is 1.90 bits per heavy atom. The molecule has 1 unspecified atom stereocenters. The van der Waals surface area contributed by atoms with Crippen LogP contribution in [-0.2, 0) is 19.1 Å². The summed E-state index contributed by atoms with van der Waals surface area (Å²) in [6.07, 6.45) is 5.24. The summed E-state index contributed by atoms with van der Waals surface area (Å²) in [5.41, 5.74) is 0.0484. The zero-order chi connectivity index (χ0) is 22.8. The Kier molecular flexibility index (Phi) is 8.03. The van der Waals surface area contributed by atoms with Gasteiger partial charge in [0.25, 0.3) is 0 Å². The fourth-order valence-electron chi connectivity index (χ4n) is 6.81. The lowest BCUT2D eigenvalue weighted by Crippen LogP contribution is -2.59. The number of rotatable bonds is 7. The van der Waals surface area contributed by atoms with E-state index in [-0.39, 0.29) is 59.6 Å². The molecule has 3 fully saturated rings. The second kappa shape index (κ2) is 10.2. The number of ether oxygens (including phenoxy) is 2. The highest BCUT2D eigenvalue weighted by Crippen LogP contribution is 2.55. The van der Waals surface area contributed by atoms with Gasteiger partial charge in [-0.05, 0) is 61.7 Å². The summed E-state index contributed by atoms with van der Waals surface area (Å²) in [7, 11) is 3.20. The summed E-state index contributed by atoms with van der Waals surface area (Å²) in [6.45, 7) is 7.83. The van der Waals surface area contributed by atoms with Gasteiger partial charge in [-0.25, -0.2) is 0 Å². The summed E-state index contributed by atoms with van der Waals surface area (Å²) in [5.74, 6) is -0.00535. The molecule has 7 nitrogen and oxygen atoms in total. The number of carbonyl (C=O) groups is 2. The summed E-state index contributed by atoms with van der Waals surface area (Å²) >= 11 is 0. The molecule has 0 radical (unpaired) electrons. The van der Waals surface area contributed by atoms with Crippen LogP contribution in [-0.4, -0.2) is 74.0 Å². The van der Waals surface area contributed by atoms with Crippen LogP contribution < -0.4 is 5.32 Å². The Morgan fingerprint density at radius 3 is 2.58 bits per heavy atom. The lowest BCUT2D eigenvalue weighted by molar-refractivity contribution is -0.152. The molecule has 1 saturated heterocycles. The zero-order valence-electron chi connectivity index (χ0n) is 19.9. The van der Waals surface area contributed by atoms with Crippen molar-refractivity contribution in [2.45, 2.75) is 77.5 Å². The van der Waals surface area contributed by atoms with Gasteiger partial charge in [-0.1, -0.05) is 20.8 Å². The van der Waals surface area contributed by atoms with E-state index in [9.17, 15) is 14.7 Å². The van der Waals surface area contributed by atoms with Crippen LogP contribution in [0.15, 0.2) is 0 Å². The minimum absolute atomic E-state index is 0.0322. The van der Waals surface area contributed by atoms with E-state index in [4.69, 9.17) is 9.47 Å². The van der Waals surface area contributed by atoms with Crippen LogP contribution in [0, 0.1) is 29.1 Å². The van der Waals surface area contributed by atoms with Crippen molar-refractivity contribution in [2.24, 2.45) is 29.1 Å². The first-order chi connectivity index (χ1) is 14.7. The molecular weight excluding hydrogens is 396 g/mol. The van der Waals surface area contributed by atoms with Crippen LogP contribution in [0.3, 0.4) is 0 Å². The number of hydrogen-bond donors (Lipinski definition) is 2. The van der Waals surface area contributed by atoms with Crippen molar-refractivity contribution in [1.29, 1.82) is 0 Å². The van der Waals surface area contributed by atoms with E-state index < -0.39 is 6.10 Å². The molecule has 2 amide bonds. The van der Waals surface area contributed by atoms with E-state index in [1.54, 1.807) is 7.11 Å². The number of carbonyl (C=O) groups excluding carboxylic acids is 2. The normalized spacial score (nSPS) is 39.1. The number of aliphatic hydroxyl groups is 1. The largest absolute Gasteiger partial charge is 0.392 e. The molecule has 0 spiro atoms. The van der Waals surface area contributed by atoms with Crippen molar-refractivity contribution in [3.63, 3.8) is 0 Å². The molecule has 1 aliphatic heterocycles. The van der Waals surface area contributed by atoms with Gasteiger partial charge >= 0.3 is 0 Å². The fraction of sp³-hybridized carbons (Fsp3) is 0.917. The molecule has 3 rings (SSSR count). The molecular formula is C24H42N2O5. The van der Waals surface area contributed by atoms with Gasteiger partial charge in [0.1, 0.15) is 6.61 Å².